The quantitative estimate of drug-likeness (QED) is 0.179. The summed E-state index contributed by atoms with van der Waals surface area (Å²) in [5.41, 5.74) is 0. The molecule has 0 heterocycles. The average molecular weight is 468 g/mol. The first-order valence-electron chi connectivity index (χ1n) is 1.57. The third-order valence-electron chi connectivity index (χ3n) is 0. The molecule has 0 aliphatic heterocycles. The average Bonchev–Trinajstić information content (AvgIpc) is 1.12. The van der Waals surface area contributed by atoms with Gasteiger partial charge in [-0.2, -0.15) is 0 Å². The van der Waals surface area contributed by atoms with Crippen molar-refractivity contribution in [3.8, 4) is 0 Å². The molecule has 9 N–H and O–H groups in total. The molecule has 0 aromatic rings. The molecule has 0 unspecified atom stereocenters. The van der Waals surface area contributed by atoms with Gasteiger partial charge in [-0.05, 0) is 0 Å². The minimum absolute atomic E-state index is 0. The first-order valence-corrected chi connectivity index (χ1v) is 10.9. The van der Waals surface area contributed by atoms with Gasteiger partial charge in [0.2, 0.25) is 0 Å². The first kappa shape index (κ1) is 29.4. The monoisotopic (exact) mass is 473 g/mol. The van der Waals surface area contributed by atoms with Crippen LogP contribution in [0.1, 0.15) is 14.9 Å². The van der Waals surface area contributed by atoms with E-state index in [4.69, 9.17) is 29.4 Å². The summed E-state index contributed by atoms with van der Waals surface area (Å²) in [7, 11) is 0. The zero-order chi connectivity index (χ0) is 9.00. The molecule has 0 fully saturated rings. The second kappa shape index (κ2) is 12.2. The molecular weight excluding hydrogens is 451 g/mol. The molecule has 0 saturated carbocycles. The maximum absolute atomic E-state index is 7.75. The van der Waals surface area contributed by atoms with Gasteiger partial charge in [-0.1, -0.05) is 14.9 Å². The number of hydrogen-bond acceptors (Lipinski definition) is 7. The van der Waals surface area contributed by atoms with Crippen molar-refractivity contribution < 1.29 is 29.4 Å². The van der Waals surface area contributed by atoms with Gasteiger partial charge in [-0.3, -0.25) is 0 Å². The predicted octanol–water partition coefficient (Wildman–Crippen LogP) is -0.947. The van der Waals surface area contributed by atoms with Gasteiger partial charge in [0.25, 0.3) is 0 Å². The van der Waals surface area contributed by atoms with E-state index in [9.17, 15) is 0 Å². The summed E-state index contributed by atoms with van der Waals surface area (Å²) in [6.45, 7) is 0. The van der Waals surface area contributed by atoms with Gasteiger partial charge in [0.15, 0.2) is 0 Å². The molecule has 0 aliphatic rings. The predicted molar refractivity (Wildman–Crippen MR) is 57.1 cm³/mol. The van der Waals surface area contributed by atoms with E-state index in [1.54, 1.807) is 0 Å². The van der Waals surface area contributed by atoms with Crippen LogP contribution in [-0.4, -0.2) is 71.8 Å². The van der Waals surface area contributed by atoms with E-state index < -0.39 is 10.3 Å². The molecule has 0 saturated heterocycles. The first-order chi connectivity index (χ1) is 4.00. The molecule has 13 heavy (non-hydrogen) atoms. The molecule has 0 amide bonds. The second-order valence-corrected chi connectivity index (χ2v) is 11.5. The summed E-state index contributed by atoms with van der Waals surface area (Å²) in [5.74, 6) is 0. The van der Waals surface area contributed by atoms with Gasteiger partial charge >= 0.3 is 82.2 Å². The molecule has 0 aromatic heterocycles. The molecule has 88 valence electrons. The van der Waals surface area contributed by atoms with Crippen LogP contribution in [-0.2, 0) is 0 Å². The molecule has 0 atom stereocenters. The van der Waals surface area contributed by atoms with Crippen LogP contribution in [0.3, 0.4) is 0 Å². The van der Waals surface area contributed by atoms with Gasteiger partial charge in [-0.25, -0.2) is 0 Å². The number of rotatable bonds is 0. The van der Waals surface area contributed by atoms with Crippen LogP contribution in [0.15, 0.2) is 0 Å². The summed E-state index contributed by atoms with van der Waals surface area (Å²) in [6, 6.07) is 0. The van der Waals surface area contributed by atoms with E-state index in [0.29, 0.717) is 0 Å². The molecule has 0 aliphatic carbocycles. The SMILES string of the molecule is C.C.N.OP(O)(O)=[Te].OP(O)(O)=[Te]. The van der Waals surface area contributed by atoms with E-state index in [2.05, 4.69) is 0 Å². The standard InChI is InChI=1S/2CH4.H3N.2H3O3PTe/c;;;2*1-4(2,3)5/h2*1H4;1H3;2*(H3,1,2,3,5). The fraction of sp³-hybridized carbons (Fsp3) is 1.00. The molecule has 0 spiro atoms. The summed E-state index contributed by atoms with van der Waals surface area (Å²) in [4.78, 5) is 46.5. The van der Waals surface area contributed by atoms with Crippen LogP contribution in [0.2, 0.25) is 0 Å². The Morgan fingerprint density at radius 3 is 0.615 bits per heavy atom. The van der Waals surface area contributed by atoms with Crippen molar-refractivity contribution in [3.63, 3.8) is 0 Å². The van der Waals surface area contributed by atoms with Crippen molar-refractivity contribution in [3.05, 3.63) is 0 Å². The normalized spacial score (nSPS) is 9.08. The van der Waals surface area contributed by atoms with Gasteiger partial charge in [0.1, 0.15) is 0 Å². The Kier molecular flexibility index (Phi) is 27.7. The molecule has 7 nitrogen and oxygen atoms in total. The van der Waals surface area contributed by atoms with E-state index in [0.717, 1.165) is 42.5 Å². The summed E-state index contributed by atoms with van der Waals surface area (Å²) >= 11 is 1.80. The Hall–Kier alpha value is 2.16. The summed E-state index contributed by atoms with van der Waals surface area (Å²) in [5, 5.41) is -6.76. The molecular formula is C2H17NO6P2Te2. The van der Waals surface area contributed by atoms with Crippen molar-refractivity contribution in [2.24, 2.45) is 0 Å². The van der Waals surface area contributed by atoms with E-state index >= 15 is 0 Å². The van der Waals surface area contributed by atoms with Crippen molar-refractivity contribution in [1.29, 1.82) is 0 Å². The van der Waals surface area contributed by atoms with Crippen LogP contribution in [0.5, 0.6) is 0 Å². The zero-order valence-electron chi connectivity index (χ0n) is 5.10. The van der Waals surface area contributed by atoms with Crippen LogP contribution < -0.4 is 6.15 Å². The van der Waals surface area contributed by atoms with Gasteiger partial charge in [0.05, 0.1) is 0 Å². The van der Waals surface area contributed by atoms with Crippen LogP contribution >= 0.6 is 10.3 Å². The van der Waals surface area contributed by atoms with E-state index in [1.165, 1.54) is 0 Å². The molecule has 0 aromatic carbocycles. The Bertz CT molecular complexity index is 139. The van der Waals surface area contributed by atoms with Crippen molar-refractivity contribution in [2.75, 3.05) is 0 Å². The second-order valence-electron chi connectivity index (χ2n) is 1.03. The fourth-order valence-corrected chi connectivity index (χ4v) is 0. The van der Waals surface area contributed by atoms with Crippen molar-refractivity contribution >= 4 is 52.8 Å². The topological polar surface area (TPSA) is 156 Å². The van der Waals surface area contributed by atoms with E-state index in [1.807, 2.05) is 0 Å². The zero-order valence-corrected chi connectivity index (χ0v) is 11.6. The number of hydrogen-bond donors (Lipinski definition) is 7. The Labute approximate surface area is 103 Å². The maximum atomic E-state index is 7.75. The molecule has 11 heteroatoms. The Balaban J connectivity index is -0.0000000267. The Morgan fingerprint density at radius 2 is 0.615 bits per heavy atom. The van der Waals surface area contributed by atoms with E-state index in [-0.39, 0.29) is 21.0 Å². The Morgan fingerprint density at radius 1 is 0.615 bits per heavy atom. The minimum atomic E-state index is -3.38. The summed E-state index contributed by atoms with van der Waals surface area (Å²) in [6.07, 6.45) is 0. The van der Waals surface area contributed by atoms with Crippen LogP contribution in [0.4, 0.5) is 0 Å². The third kappa shape index (κ3) is 449. The van der Waals surface area contributed by atoms with Gasteiger partial charge in [0, 0.05) is 0 Å². The molecule has 0 radical (unpaired) electrons. The van der Waals surface area contributed by atoms with Crippen molar-refractivity contribution in [2.45, 2.75) is 14.9 Å². The van der Waals surface area contributed by atoms with Gasteiger partial charge in [-0.15, -0.1) is 0 Å². The summed E-state index contributed by atoms with van der Waals surface area (Å²) < 4.78 is 0. The van der Waals surface area contributed by atoms with Gasteiger partial charge < -0.3 is 6.15 Å². The molecule has 0 bridgehead atoms. The molecule has 0 rings (SSSR count). The fourth-order valence-electron chi connectivity index (χ4n) is 0. The van der Waals surface area contributed by atoms with Crippen LogP contribution in [0.25, 0.3) is 0 Å². The van der Waals surface area contributed by atoms with Crippen molar-refractivity contribution in [1.82, 2.24) is 6.15 Å². The third-order valence-corrected chi connectivity index (χ3v) is 0. The van der Waals surface area contributed by atoms with Crippen LogP contribution in [0, 0.1) is 0 Å².